The van der Waals surface area contributed by atoms with Crippen molar-refractivity contribution in [1.82, 2.24) is 10.2 Å². The van der Waals surface area contributed by atoms with Crippen LogP contribution in [0.3, 0.4) is 0 Å². The Hall–Kier alpha value is -3.25. The first-order valence-electron chi connectivity index (χ1n) is 11.3. The van der Waals surface area contributed by atoms with Gasteiger partial charge in [-0.3, -0.25) is 9.59 Å². The van der Waals surface area contributed by atoms with Crippen LogP contribution < -0.4 is 5.32 Å². The lowest BCUT2D eigenvalue weighted by atomic mass is 9.94. The summed E-state index contributed by atoms with van der Waals surface area (Å²) in [5.74, 6) is -0.635. The summed E-state index contributed by atoms with van der Waals surface area (Å²) in [5, 5.41) is 4.97. The molecule has 1 fully saturated rings. The van der Waals surface area contributed by atoms with Crippen LogP contribution in [0.15, 0.2) is 66.7 Å². The number of carbonyl (C=O) groups excluding carboxylic acids is 2. The van der Waals surface area contributed by atoms with Crippen LogP contribution in [0.25, 0.3) is 10.8 Å². The highest BCUT2D eigenvalue weighted by Gasteiger charge is 2.31. The average molecular weight is 449 g/mol. The second kappa shape index (κ2) is 10.1. The maximum absolute atomic E-state index is 14.2. The van der Waals surface area contributed by atoms with Crippen LogP contribution in [0.5, 0.6) is 0 Å². The van der Waals surface area contributed by atoms with E-state index >= 15 is 0 Å². The summed E-state index contributed by atoms with van der Waals surface area (Å²) in [6, 6.07) is 19.7. The number of hydrogen-bond donors (Lipinski definition) is 1. The van der Waals surface area contributed by atoms with Gasteiger partial charge >= 0.3 is 0 Å². The summed E-state index contributed by atoms with van der Waals surface area (Å²) in [7, 11) is 1.51. The summed E-state index contributed by atoms with van der Waals surface area (Å²) in [4.78, 5) is 27.9. The molecule has 1 N–H and O–H groups in total. The number of likely N-dealkylation sites (tertiary alicyclic amines) is 1. The molecular formula is C27H29FN2O3. The number of fused-ring (bicyclic) bond motifs is 1. The average Bonchev–Trinajstić information content (AvgIpc) is 2.85. The molecule has 3 aromatic carbocycles. The number of benzene rings is 3. The predicted molar refractivity (Wildman–Crippen MR) is 126 cm³/mol. The van der Waals surface area contributed by atoms with Crippen molar-refractivity contribution in [1.29, 1.82) is 0 Å². The molecule has 0 saturated carbocycles. The van der Waals surface area contributed by atoms with E-state index in [1.807, 2.05) is 54.3 Å². The minimum Gasteiger partial charge on any atom is -0.375 e. The molecule has 2 atom stereocenters. The van der Waals surface area contributed by atoms with Crippen LogP contribution in [0.2, 0.25) is 0 Å². The van der Waals surface area contributed by atoms with E-state index in [4.69, 9.17) is 4.74 Å². The number of hydrogen-bond acceptors (Lipinski definition) is 3. The standard InChI is InChI=1S/C27H29FN2O3/c1-18(25(33-2)23-11-5-6-13-24(23)28)29-26(31)20-14-16-30(17-15-20)27(32)22-12-7-9-19-8-3-4-10-21(19)22/h3-13,18,20,25H,14-17H2,1-2H3,(H,29,31)/t18-,25-/m1/s1. The second-order valence-corrected chi connectivity index (χ2v) is 8.57. The zero-order valence-corrected chi connectivity index (χ0v) is 19.0. The first-order chi connectivity index (χ1) is 16.0. The van der Waals surface area contributed by atoms with E-state index < -0.39 is 12.1 Å². The fourth-order valence-corrected chi connectivity index (χ4v) is 4.65. The Morgan fingerprint density at radius 2 is 1.67 bits per heavy atom. The molecule has 0 aliphatic carbocycles. The molecule has 0 spiro atoms. The molecule has 1 aliphatic heterocycles. The topological polar surface area (TPSA) is 58.6 Å². The maximum Gasteiger partial charge on any atom is 0.254 e. The molecule has 33 heavy (non-hydrogen) atoms. The monoisotopic (exact) mass is 448 g/mol. The van der Waals surface area contributed by atoms with Gasteiger partial charge in [0.25, 0.3) is 5.91 Å². The molecule has 0 aromatic heterocycles. The van der Waals surface area contributed by atoms with Crippen LogP contribution in [0.4, 0.5) is 4.39 Å². The highest BCUT2D eigenvalue weighted by molar-refractivity contribution is 6.07. The van der Waals surface area contributed by atoms with Gasteiger partial charge in [-0.25, -0.2) is 4.39 Å². The van der Waals surface area contributed by atoms with Gasteiger partial charge in [0.1, 0.15) is 11.9 Å². The van der Waals surface area contributed by atoms with Gasteiger partial charge in [-0.2, -0.15) is 0 Å². The van der Waals surface area contributed by atoms with Crippen LogP contribution in [0, 0.1) is 11.7 Å². The van der Waals surface area contributed by atoms with Crippen LogP contribution in [-0.4, -0.2) is 43.0 Å². The number of ether oxygens (including phenoxy) is 1. The Balaban J connectivity index is 1.37. The molecule has 3 aromatic rings. The van der Waals surface area contributed by atoms with Crippen LogP contribution >= 0.6 is 0 Å². The number of rotatable bonds is 6. The number of nitrogens with zero attached hydrogens (tertiary/aromatic N) is 1. The van der Waals surface area contributed by atoms with Crippen molar-refractivity contribution in [2.24, 2.45) is 5.92 Å². The summed E-state index contributed by atoms with van der Waals surface area (Å²) >= 11 is 0. The predicted octanol–water partition coefficient (Wildman–Crippen LogP) is 4.72. The zero-order valence-electron chi connectivity index (χ0n) is 19.0. The Labute approximate surface area is 193 Å². The van der Waals surface area contributed by atoms with E-state index in [9.17, 15) is 14.0 Å². The van der Waals surface area contributed by atoms with E-state index in [0.717, 1.165) is 10.8 Å². The lowest BCUT2D eigenvalue weighted by Crippen LogP contribution is -2.46. The minimum atomic E-state index is -0.580. The number of nitrogens with one attached hydrogen (secondary N) is 1. The van der Waals surface area contributed by atoms with Gasteiger partial charge in [-0.15, -0.1) is 0 Å². The Kier molecular flexibility index (Phi) is 7.04. The summed E-state index contributed by atoms with van der Waals surface area (Å²) in [6.07, 6.45) is 0.599. The van der Waals surface area contributed by atoms with Gasteiger partial charge < -0.3 is 15.0 Å². The lowest BCUT2D eigenvalue weighted by Gasteiger charge is -2.33. The highest BCUT2D eigenvalue weighted by atomic mass is 19.1. The van der Waals surface area contributed by atoms with E-state index in [0.29, 0.717) is 37.1 Å². The van der Waals surface area contributed by atoms with Gasteiger partial charge in [-0.05, 0) is 42.7 Å². The fraction of sp³-hybridized carbons (Fsp3) is 0.333. The lowest BCUT2D eigenvalue weighted by molar-refractivity contribution is -0.128. The molecule has 6 heteroatoms. The molecular weight excluding hydrogens is 419 g/mol. The molecule has 1 heterocycles. The summed E-state index contributed by atoms with van der Waals surface area (Å²) in [5.41, 5.74) is 1.11. The summed E-state index contributed by atoms with van der Waals surface area (Å²) < 4.78 is 19.7. The van der Waals surface area contributed by atoms with E-state index in [1.54, 1.807) is 18.2 Å². The van der Waals surface area contributed by atoms with Gasteiger partial charge in [0.2, 0.25) is 5.91 Å². The molecule has 2 amide bonds. The SMILES string of the molecule is CO[C@@H](c1ccccc1F)[C@@H](C)NC(=O)C1CCN(C(=O)c2cccc3ccccc23)CC1. The van der Waals surface area contributed by atoms with E-state index in [1.165, 1.54) is 13.2 Å². The molecule has 4 rings (SSSR count). The number of piperidine rings is 1. The quantitative estimate of drug-likeness (QED) is 0.594. The normalized spacial score (nSPS) is 16.4. The van der Waals surface area contributed by atoms with Gasteiger partial charge in [0, 0.05) is 37.2 Å². The Bertz CT molecular complexity index is 1140. The largest absolute Gasteiger partial charge is 0.375 e. The zero-order chi connectivity index (χ0) is 23.4. The van der Waals surface area contributed by atoms with Gasteiger partial charge in [0.05, 0.1) is 6.04 Å². The number of methoxy groups -OCH3 is 1. The first-order valence-corrected chi connectivity index (χ1v) is 11.3. The fourth-order valence-electron chi connectivity index (χ4n) is 4.65. The Morgan fingerprint density at radius 1 is 1.00 bits per heavy atom. The molecule has 172 valence electrons. The van der Waals surface area contributed by atoms with Gasteiger partial charge in [0.15, 0.2) is 0 Å². The van der Waals surface area contributed by atoms with E-state index in [2.05, 4.69) is 5.32 Å². The number of halogens is 1. The maximum atomic E-state index is 14.2. The van der Waals surface area contributed by atoms with Crippen LogP contribution in [-0.2, 0) is 9.53 Å². The highest BCUT2D eigenvalue weighted by Crippen LogP contribution is 2.26. The van der Waals surface area contributed by atoms with Crippen molar-refractivity contribution in [2.75, 3.05) is 20.2 Å². The number of amides is 2. The van der Waals surface area contributed by atoms with E-state index in [-0.39, 0.29) is 23.5 Å². The van der Waals surface area contributed by atoms with Crippen molar-refractivity contribution in [3.8, 4) is 0 Å². The molecule has 5 nitrogen and oxygen atoms in total. The minimum absolute atomic E-state index is 0.00183. The molecule has 0 bridgehead atoms. The van der Waals surface area contributed by atoms with Crippen molar-refractivity contribution in [3.05, 3.63) is 83.7 Å². The first kappa shape index (κ1) is 22.9. The number of carbonyl (C=O) groups is 2. The third-order valence-corrected chi connectivity index (χ3v) is 6.46. The molecule has 1 aliphatic rings. The molecule has 0 unspecified atom stereocenters. The van der Waals surface area contributed by atoms with Crippen molar-refractivity contribution >= 4 is 22.6 Å². The molecule has 0 radical (unpaired) electrons. The smallest absolute Gasteiger partial charge is 0.254 e. The Morgan fingerprint density at radius 3 is 2.39 bits per heavy atom. The summed E-state index contributed by atoms with van der Waals surface area (Å²) in [6.45, 7) is 2.86. The third-order valence-electron chi connectivity index (χ3n) is 6.46. The van der Waals surface area contributed by atoms with Crippen molar-refractivity contribution in [2.45, 2.75) is 31.9 Å². The van der Waals surface area contributed by atoms with Crippen molar-refractivity contribution in [3.63, 3.8) is 0 Å². The second-order valence-electron chi connectivity index (χ2n) is 8.57. The molecule has 1 saturated heterocycles. The third kappa shape index (κ3) is 4.91. The van der Waals surface area contributed by atoms with Crippen molar-refractivity contribution < 1.29 is 18.7 Å². The van der Waals surface area contributed by atoms with Crippen LogP contribution in [0.1, 0.15) is 41.8 Å². The van der Waals surface area contributed by atoms with Gasteiger partial charge in [-0.1, -0.05) is 54.6 Å².